The van der Waals surface area contributed by atoms with Gasteiger partial charge in [0.25, 0.3) is 0 Å². The monoisotopic (exact) mass is 341 g/mol. The van der Waals surface area contributed by atoms with Crippen molar-refractivity contribution in [1.29, 1.82) is 0 Å². The molecule has 25 heavy (non-hydrogen) atoms. The molecule has 6 nitrogen and oxygen atoms in total. The number of nitrogens with zero attached hydrogens (tertiary/aromatic N) is 3. The molecule has 0 amide bonds. The minimum absolute atomic E-state index is 0.0985. The molecule has 0 radical (unpaired) electrons. The van der Waals surface area contributed by atoms with Gasteiger partial charge in [-0.3, -0.25) is 9.69 Å². The molecular formula is C19H23N3O3. The maximum absolute atomic E-state index is 12.2. The Morgan fingerprint density at radius 2 is 2.28 bits per heavy atom. The Labute approximate surface area is 147 Å². The van der Waals surface area contributed by atoms with Crippen LogP contribution < -0.4 is 4.90 Å². The van der Waals surface area contributed by atoms with E-state index in [0.717, 1.165) is 50.4 Å². The SMILES string of the molecule is O=C(O)[C@]12CCCN(c3ccccn3)C[C@H]1CN(Cc1ccoc1)C2. The molecule has 2 atom stereocenters. The predicted molar refractivity (Wildman–Crippen MR) is 93.2 cm³/mol. The molecule has 0 bridgehead atoms. The van der Waals surface area contributed by atoms with Gasteiger partial charge in [0.2, 0.25) is 0 Å². The van der Waals surface area contributed by atoms with Crippen LogP contribution in [-0.4, -0.2) is 47.1 Å². The highest BCUT2D eigenvalue weighted by Crippen LogP contribution is 2.43. The summed E-state index contributed by atoms with van der Waals surface area (Å²) in [6.45, 7) is 3.75. The van der Waals surface area contributed by atoms with Crippen LogP contribution in [-0.2, 0) is 11.3 Å². The number of hydrogen-bond donors (Lipinski definition) is 1. The zero-order chi connectivity index (χ0) is 17.3. The Morgan fingerprint density at radius 1 is 1.36 bits per heavy atom. The van der Waals surface area contributed by atoms with Gasteiger partial charge in [0.1, 0.15) is 5.82 Å². The van der Waals surface area contributed by atoms with Crippen LogP contribution in [0.15, 0.2) is 47.4 Å². The van der Waals surface area contributed by atoms with Gasteiger partial charge in [-0.15, -0.1) is 0 Å². The topological polar surface area (TPSA) is 69.8 Å². The molecule has 2 aliphatic rings. The lowest BCUT2D eigenvalue weighted by Crippen LogP contribution is -2.41. The lowest BCUT2D eigenvalue weighted by molar-refractivity contribution is -0.150. The van der Waals surface area contributed by atoms with Crippen molar-refractivity contribution in [1.82, 2.24) is 9.88 Å². The smallest absolute Gasteiger partial charge is 0.311 e. The summed E-state index contributed by atoms with van der Waals surface area (Å²) in [7, 11) is 0. The summed E-state index contributed by atoms with van der Waals surface area (Å²) in [6.07, 6.45) is 6.79. The third kappa shape index (κ3) is 3.02. The Kier molecular flexibility index (Phi) is 4.21. The number of carboxylic acid groups (broad SMARTS) is 1. The molecule has 1 N–H and O–H groups in total. The van der Waals surface area contributed by atoms with Crippen LogP contribution in [0.25, 0.3) is 0 Å². The number of aromatic nitrogens is 1. The van der Waals surface area contributed by atoms with E-state index in [0.29, 0.717) is 6.54 Å². The fourth-order valence-electron chi connectivity index (χ4n) is 4.40. The van der Waals surface area contributed by atoms with Crippen molar-refractivity contribution in [2.24, 2.45) is 11.3 Å². The van der Waals surface area contributed by atoms with Crippen LogP contribution in [0.4, 0.5) is 5.82 Å². The Bertz CT molecular complexity index is 719. The molecule has 2 aliphatic heterocycles. The van der Waals surface area contributed by atoms with Gasteiger partial charge in [-0.25, -0.2) is 4.98 Å². The maximum Gasteiger partial charge on any atom is 0.311 e. The number of aliphatic carboxylic acids is 1. The van der Waals surface area contributed by atoms with Gasteiger partial charge in [0.05, 0.1) is 17.9 Å². The zero-order valence-electron chi connectivity index (χ0n) is 14.2. The number of anilines is 1. The summed E-state index contributed by atoms with van der Waals surface area (Å²) < 4.78 is 5.15. The van der Waals surface area contributed by atoms with E-state index in [1.54, 1.807) is 18.7 Å². The van der Waals surface area contributed by atoms with Crippen molar-refractivity contribution in [2.75, 3.05) is 31.1 Å². The summed E-state index contributed by atoms with van der Waals surface area (Å²) in [5, 5.41) is 10.0. The second-order valence-electron chi connectivity index (χ2n) is 7.20. The molecule has 0 aliphatic carbocycles. The molecular weight excluding hydrogens is 318 g/mol. The van der Waals surface area contributed by atoms with Gasteiger partial charge in [0, 0.05) is 50.4 Å². The molecule has 0 saturated carbocycles. The predicted octanol–water partition coefficient (Wildman–Crippen LogP) is 2.48. The molecule has 0 unspecified atom stereocenters. The number of rotatable bonds is 4. The first kappa shape index (κ1) is 16.1. The van der Waals surface area contributed by atoms with E-state index in [1.807, 2.05) is 24.3 Å². The van der Waals surface area contributed by atoms with E-state index >= 15 is 0 Å². The fourth-order valence-corrected chi connectivity index (χ4v) is 4.40. The highest BCUT2D eigenvalue weighted by Gasteiger charge is 2.53. The van der Waals surface area contributed by atoms with E-state index in [2.05, 4.69) is 14.8 Å². The largest absolute Gasteiger partial charge is 0.481 e. The number of carboxylic acids is 1. The highest BCUT2D eigenvalue weighted by molar-refractivity contribution is 5.76. The first-order chi connectivity index (χ1) is 12.2. The number of hydrogen-bond acceptors (Lipinski definition) is 5. The van der Waals surface area contributed by atoms with Gasteiger partial charge in [0.15, 0.2) is 0 Å². The third-order valence-electron chi connectivity index (χ3n) is 5.64. The third-order valence-corrected chi connectivity index (χ3v) is 5.64. The lowest BCUT2D eigenvalue weighted by atomic mass is 9.75. The number of carbonyl (C=O) groups is 1. The van der Waals surface area contributed by atoms with Crippen molar-refractivity contribution >= 4 is 11.8 Å². The minimum atomic E-state index is -0.659. The fraction of sp³-hybridized carbons (Fsp3) is 0.474. The van der Waals surface area contributed by atoms with Crippen molar-refractivity contribution in [3.05, 3.63) is 48.6 Å². The summed E-state index contributed by atoms with van der Waals surface area (Å²) >= 11 is 0. The quantitative estimate of drug-likeness (QED) is 0.921. The molecule has 6 heteroatoms. The molecule has 0 aromatic carbocycles. The minimum Gasteiger partial charge on any atom is -0.481 e. The van der Waals surface area contributed by atoms with Crippen LogP contribution in [0.2, 0.25) is 0 Å². The molecule has 2 aromatic rings. The molecule has 4 heterocycles. The first-order valence-corrected chi connectivity index (χ1v) is 8.80. The summed E-state index contributed by atoms with van der Waals surface area (Å²) in [5.41, 5.74) is 0.436. The molecule has 2 saturated heterocycles. The van der Waals surface area contributed by atoms with E-state index in [-0.39, 0.29) is 5.92 Å². The number of furan rings is 1. The lowest BCUT2D eigenvalue weighted by Gasteiger charge is -2.30. The van der Waals surface area contributed by atoms with Gasteiger partial charge < -0.3 is 14.4 Å². The first-order valence-electron chi connectivity index (χ1n) is 8.80. The van der Waals surface area contributed by atoms with Crippen LogP contribution in [0.3, 0.4) is 0 Å². The molecule has 2 fully saturated rings. The Hall–Kier alpha value is -2.34. The van der Waals surface area contributed by atoms with Gasteiger partial charge in [-0.2, -0.15) is 0 Å². The van der Waals surface area contributed by atoms with Gasteiger partial charge in [-0.05, 0) is 31.0 Å². The standard InChI is InChI=1S/C19H23N3O3/c23-18(24)19-6-3-8-22(17-4-1-2-7-20-17)12-16(19)11-21(14-19)10-15-5-9-25-13-15/h1-2,4-5,7,9,13,16H,3,6,8,10-12,14H2,(H,23,24)/t16-,19+/m1/s1. The summed E-state index contributed by atoms with van der Waals surface area (Å²) in [6, 6.07) is 7.84. The maximum atomic E-state index is 12.2. The number of likely N-dealkylation sites (tertiary alicyclic amines) is 1. The van der Waals surface area contributed by atoms with Crippen LogP contribution in [0, 0.1) is 11.3 Å². The van der Waals surface area contributed by atoms with E-state index < -0.39 is 11.4 Å². The van der Waals surface area contributed by atoms with Crippen LogP contribution in [0.1, 0.15) is 18.4 Å². The van der Waals surface area contributed by atoms with Crippen LogP contribution >= 0.6 is 0 Å². The highest BCUT2D eigenvalue weighted by atomic mass is 16.4. The second-order valence-corrected chi connectivity index (χ2v) is 7.20. The second kappa shape index (κ2) is 6.52. The number of pyridine rings is 1. The average molecular weight is 341 g/mol. The van der Waals surface area contributed by atoms with E-state index in [1.165, 1.54) is 0 Å². The summed E-state index contributed by atoms with van der Waals surface area (Å²) in [4.78, 5) is 21.2. The van der Waals surface area contributed by atoms with Crippen molar-refractivity contribution in [3.63, 3.8) is 0 Å². The zero-order valence-corrected chi connectivity index (χ0v) is 14.2. The normalized spacial score (nSPS) is 27.0. The summed E-state index contributed by atoms with van der Waals surface area (Å²) in [5.74, 6) is 0.383. The average Bonchev–Trinajstić information content (AvgIpc) is 3.20. The molecule has 4 rings (SSSR count). The Morgan fingerprint density at radius 3 is 3.00 bits per heavy atom. The van der Waals surface area contributed by atoms with E-state index in [4.69, 9.17) is 4.42 Å². The molecule has 132 valence electrons. The van der Waals surface area contributed by atoms with Crippen molar-refractivity contribution in [3.8, 4) is 0 Å². The van der Waals surface area contributed by atoms with Crippen LogP contribution in [0.5, 0.6) is 0 Å². The van der Waals surface area contributed by atoms with E-state index in [9.17, 15) is 9.90 Å². The molecule has 2 aromatic heterocycles. The Balaban J connectivity index is 1.56. The van der Waals surface area contributed by atoms with Gasteiger partial charge in [-0.1, -0.05) is 6.07 Å². The van der Waals surface area contributed by atoms with Crippen molar-refractivity contribution < 1.29 is 14.3 Å². The number of fused-ring (bicyclic) bond motifs is 1. The van der Waals surface area contributed by atoms with Gasteiger partial charge >= 0.3 is 5.97 Å². The van der Waals surface area contributed by atoms with Crippen molar-refractivity contribution in [2.45, 2.75) is 19.4 Å². The molecule has 0 spiro atoms.